The molecule has 92 valence electrons. The molecule has 18 heavy (non-hydrogen) atoms. The van der Waals surface area contributed by atoms with Crippen LogP contribution in [0, 0.1) is 0 Å². The van der Waals surface area contributed by atoms with Gasteiger partial charge in [-0.1, -0.05) is 11.6 Å². The number of nitrogens with two attached hydrogens (primary N) is 1. The number of nitrogens with zero attached hydrogens (tertiary/aromatic N) is 3. The van der Waals surface area contributed by atoms with Crippen molar-refractivity contribution in [3.8, 4) is 11.5 Å². The number of hydrogen-bond acceptors (Lipinski definition) is 6. The fourth-order valence-corrected chi connectivity index (χ4v) is 1.65. The number of hydrazone groups is 1. The van der Waals surface area contributed by atoms with Crippen LogP contribution in [0.4, 0.5) is 0 Å². The van der Waals surface area contributed by atoms with Crippen molar-refractivity contribution < 1.29 is 10.2 Å². The van der Waals surface area contributed by atoms with Gasteiger partial charge in [-0.2, -0.15) is 5.10 Å². The maximum Gasteiger partial charge on any atom is 0.156 e. The predicted octanol–water partition coefficient (Wildman–Crippen LogP) is 1.25. The van der Waals surface area contributed by atoms with Crippen molar-refractivity contribution in [3.63, 3.8) is 0 Å². The molecule has 0 aliphatic heterocycles. The number of phenols is 2. The topological polar surface area (TPSA) is 105 Å². The second kappa shape index (κ2) is 4.89. The van der Waals surface area contributed by atoms with Crippen LogP contribution in [0.25, 0.3) is 0 Å². The molecule has 0 spiro atoms. The van der Waals surface area contributed by atoms with Crippen molar-refractivity contribution in [1.82, 2.24) is 9.97 Å². The van der Waals surface area contributed by atoms with Gasteiger partial charge in [0, 0.05) is 24.0 Å². The molecule has 0 bridgehead atoms. The highest BCUT2D eigenvalue weighted by molar-refractivity contribution is 6.34. The summed E-state index contributed by atoms with van der Waals surface area (Å²) >= 11 is 5.89. The zero-order valence-electron chi connectivity index (χ0n) is 9.08. The summed E-state index contributed by atoms with van der Waals surface area (Å²) in [6, 6.07) is 4.02. The minimum Gasteiger partial charge on any atom is -0.508 e. The second-order valence-corrected chi connectivity index (χ2v) is 3.73. The maximum absolute atomic E-state index is 9.76. The lowest BCUT2D eigenvalue weighted by Crippen LogP contribution is -2.10. The number of benzene rings is 1. The summed E-state index contributed by atoms with van der Waals surface area (Å²) in [5.41, 5.74) is 0.742. The van der Waals surface area contributed by atoms with Crippen LogP contribution in [-0.2, 0) is 0 Å². The smallest absolute Gasteiger partial charge is 0.156 e. The first kappa shape index (κ1) is 12.1. The van der Waals surface area contributed by atoms with Gasteiger partial charge in [-0.05, 0) is 12.1 Å². The third kappa shape index (κ3) is 2.18. The number of aromatic nitrogens is 2. The standard InChI is InChI=1S/C11H9ClN4O2/c12-11-10(14-3-4-15-11)9(16-13)7-2-1-6(17)5-8(7)18/h1-5,17-18H,13H2. The van der Waals surface area contributed by atoms with E-state index >= 15 is 0 Å². The number of hydrogen-bond donors (Lipinski definition) is 3. The molecule has 0 amide bonds. The Balaban J connectivity index is 2.57. The minimum atomic E-state index is -0.180. The summed E-state index contributed by atoms with van der Waals surface area (Å²) < 4.78 is 0. The molecule has 0 saturated heterocycles. The molecule has 1 aromatic carbocycles. The highest BCUT2D eigenvalue weighted by atomic mass is 35.5. The molecule has 0 saturated carbocycles. The molecule has 0 aliphatic rings. The molecule has 0 unspecified atom stereocenters. The number of phenolic OH excluding ortho intramolecular Hbond substituents is 2. The molecule has 6 nitrogen and oxygen atoms in total. The normalized spacial score (nSPS) is 11.5. The first-order valence-electron chi connectivity index (χ1n) is 4.90. The van der Waals surface area contributed by atoms with Gasteiger partial charge < -0.3 is 16.1 Å². The van der Waals surface area contributed by atoms with Gasteiger partial charge in [-0.3, -0.25) is 0 Å². The van der Waals surface area contributed by atoms with Crippen LogP contribution in [-0.4, -0.2) is 25.9 Å². The molecule has 1 aromatic heterocycles. The van der Waals surface area contributed by atoms with Gasteiger partial charge in [0.2, 0.25) is 0 Å². The first-order valence-corrected chi connectivity index (χ1v) is 5.28. The van der Waals surface area contributed by atoms with Gasteiger partial charge in [0.1, 0.15) is 22.9 Å². The van der Waals surface area contributed by atoms with Gasteiger partial charge in [0.15, 0.2) is 5.15 Å². The molecule has 0 atom stereocenters. The van der Waals surface area contributed by atoms with E-state index in [1.54, 1.807) is 0 Å². The third-order valence-electron chi connectivity index (χ3n) is 2.24. The van der Waals surface area contributed by atoms with Gasteiger partial charge in [-0.25, -0.2) is 9.97 Å². The molecule has 7 heteroatoms. The van der Waals surface area contributed by atoms with E-state index in [2.05, 4.69) is 15.1 Å². The van der Waals surface area contributed by atoms with Crippen LogP contribution in [0.3, 0.4) is 0 Å². The molecule has 2 aromatic rings. The number of rotatable bonds is 2. The summed E-state index contributed by atoms with van der Waals surface area (Å²) in [6.45, 7) is 0. The van der Waals surface area contributed by atoms with Crippen LogP contribution in [0.15, 0.2) is 35.7 Å². The fourth-order valence-electron chi connectivity index (χ4n) is 1.46. The van der Waals surface area contributed by atoms with Gasteiger partial charge >= 0.3 is 0 Å². The van der Waals surface area contributed by atoms with Crippen molar-refractivity contribution in [2.24, 2.45) is 10.9 Å². The van der Waals surface area contributed by atoms with E-state index in [9.17, 15) is 10.2 Å². The van der Waals surface area contributed by atoms with E-state index in [0.29, 0.717) is 5.56 Å². The van der Waals surface area contributed by atoms with E-state index in [-0.39, 0.29) is 28.1 Å². The van der Waals surface area contributed by atoms with Crippen molar-refractivity contribution >= 4 is 17.3 Å². The van der Waals surface area contributed by atoms with Crippen molar-refractivity contribution in [2.75, 3.05) is 0 Å². The summed E-state index contributed by atoms with van der Waals surface area (Å²) in [6.07, 6.45) is 2.86. The molecule has 4 N–H and O–H groups in total. The molecule has 2 rings (SSSR count). The Bertz CT molecular complexity index is 616. The van der Waals surface area contributed by atoms with E-state index in [1.807, 2.05) is 0 Å². The Morgan fingerprint density at radius 3 is 2.56 bits per heavy atom. The Labute approximate surface area is 107 Å². The zero-order valence-corrected chi connectivity index (χ0v) is 9.83. The lowest BCUT2D eigenvalue weighted by Gasteiger charge is -2.08. The SMILES string of the molecule is NN=C(c1ccc(O)cc1O)c1nccnc1Cl. The molecule has 1 heterocycles. The second-order valence-electron chi connectivity index (χ2n) is 3.37. The molecular formula is C11H9ClN4O2. The minimum absolute atomic E-state index is 0.0714. The molecular weight excluding hydrogens is 256 g/mol. The largest absolute Gasteiger partial charge is 0.508 e. The van der Waals surface area contributed by atoms with E-state index in [0.717, 1.165) is 0 Å². The van der Waals surface area contributed by atoms with E-state index in [4.69, 9.17) is 17.4 Å². The summed E-state index contributed by atoms with van der Waals surface area (Å²) in [7, 11) is 0. The first-order chi connectivity index (χ1) is 8.63. The highest BCUT2D eigenvalue weighted by Gasteiger charge is 2.16. The Morgan fingerprint density at radius 2 is 1.94 bits per heavy atom. The predicted molar refractivity (Wildman–Crippen MR) is 66.6 cm³/mol. The molecule has 0 aliphatic carbocycles. The number of aromatic hydroxyl groups is 2. The Morgan fingerprint density at radius 1 is 1.22 bits per heavy atom. The lowest BCUT2D eigenvalue weighted by atomic mass is 10.1. The van der Waals surface area contributed by atoms with Crippen LogP contribution in [0.5, 0.6) is 11.5 Å². The van der Waals surface area contributed by atoms with Gasteiger partial charge in [-0.15, -0.1) is 0 Å². The quantitative estimate of drug-likeness (QED) is 0.430. The van der Waals surface area contributed by atoms with Crippen molar-refractivity contribution in [1.29, 1.82) is 0 Å². The number of halogens is 1. The van der Waals surface area contributed by atoms with Gasteiger partial charge in [0.05, 0.1) is 0 Å². The average Bonchev–Trinajstić information content (AvgIpc) is 2.34. The molecule has 0 radical (unpaired) electrons. The maximum atomic E-state index is 9.76. The average molecular weight is 265 g/mol. The van der Waals surface area contributed by atoms with E-state index < -0.39 is 0 Å². The van der Waals surface area contributed by atoms with Crippen LogP contribution < -0.4 is 5.84 Å². The monoisotopic (exact) mass is 264 g/mol. The third-order valence-corrected chi connectivity index (χ3v) is 2.52. The van der Waals surface area contributed by atoms with Crippen LogP contribution in [0.1, 0.15) is 11.3 Å². The summed E-state index contributed by atoms with van der Waals surface area (Å²) in [4.78, 5) is 7.87. The zero-order chi connectivity index (χ0) is 13.1. The lowest BCUT2D eigenvalue weighted by molar-refractivity contribution is 0.450. The van der Waals surface area contributed by atoms with Crippen molar-refractivity contribution in [2.45, 2.75) is 0 Å². The van der Waals surface area contributed by atoms with E-state index in [1.165, 1.54) is 30.6 Å². The Kier molecular flexibility index (Phi) is 3.29. The Hall–Kier alpha value is -2.34. The van der Waals surface area contributed by atoms with Crippen LogP contribution >= 0.6 is 11.6 Å². The summed E-state index contributed by atoms with van der Waals surface area (Å²) in [5.74, 6) is 5.05. The fraction of sp³-hybridized carbons (Fsp3) is 0. The summed E-state index contributed by atoms with van der Waals surface area (Å²) in [5, 5.41) is 22.7. The van der Waals surface area contributed by atoms with Crippen molar-refractivity contribution in [3.05, 3.63) is 47.0 Å². The molecule has 0 fully saturated rings. The van der Waals surface area contributed by atoms with Crippen LogP contribution in [0.2, 0.25) is 5.15 Å². The highest BCUT2D eigenvalue weighted by Crippen LogP contribution is 2.26. The van der Waals surface area contributed by atoms with Gasteiger partial charge in [0.25, 0.3) is 0 Å².